The Morgan fingerprint density at radius 2 is 1.88 bits per heavy atom. The van der Waals surface area contributed by atoms with Crippen LogP contribution in [0, 0.1) is 11.8 Å². The van der Waals surface area contributed by atoms with Crippen LogP contribution in [0.1, 0.15) is 44.9 Å². The lowest BCUT2D eigenvalue weighted by atomic mass is 9.90. The third-order valence-electron chi connectivity index (χ3n) is 4.58. The summed E-state index contributed by atoms with van der Waals surface area (Å²) in [5.41, 5.74) is -0.172. The topological polar surface area (TPSA) is 41.5 Å². The van der Waals surface area contributed by atoms with Gasteiger partial charge >= 0.3 is 0 Å². The van der Waals surface area contributed by atoms with Gasteiger partial charge in [-0.3, -0.25) is 0 Å². The molecule has 3 nitrogen and oxygen atoms in total. The van der Waals surface area contributed by atoms with Crippen molar-refractivity contribution >= 4 is 0 Å². The summed E-state index contributed by atoms with van der Waals surface area (Å²) in [4.78, 5) is 0. The summed E-state index contributed by atoms with van der Waals surface area (Å²) >= 11 is 0. The standard InChI is InChI=1S/C14H27NO2/c1-15-14(10-16,13-7-8-13)11-17-9-12-5-3-2-4-6-12/h12-13,15-16H,2-11H2,1H3. The Labute approximate surface area is 105 Å². The molecule has 3 heteroatoms. The minimum Gasteiger partial charge on any atom is -0.394 e. The lowest BCUT2D eigenvalue weighted by Gasteiger charge is -2.32. The van der Waals surface area contributed by atoms with Crippen LogP contribution in [0.4, 0.5) is 0 Å². The highest BCUT2D eigenvalue weighted by Gasteiger charge is 2.44. The Balaban J connectivity index is 1.71. The molecule has 0 heterocycles. The van der Waals surface area contributed by atoms with E-state index < -0.39 is 0 Å². The van der Waals surface area contributed by atoms with Crippen molar-refractivity contribution in [2.24, 2.45) is 11.8 Å². The molecule has 0 aromatic carbocycles. The minimum atomic E-state index is -0.172. The first-order chi connectivity index (χ1) is 8.30. The van der Waals surface area contributed by atoms with Crippen molar-refractivity contribution in [1.82, 2.24) is 5.32 Å². The van der Waals surface area contributed by atoms with Gasteiger partial charge in [0.25, 0.3) is 0 Å². The van der Waals surface area contributed by atoms with Crippen LogP contribution in [0.5, 0.6) is 0 Å². The highest BCUT2D eigenvalue weighted by molar-refractivity contribution is 5.00. The van der Waals surface area contributed by atoms with Crippen LogP contribution in [0.2, 0.25) is 0 Å². The summed E-state index contributed by atoms with van der Waals surface area (Å²) in [5, 5.41) is 12.9. The van der Waals surface area contributed by atoms with E-state index in [1.165, 1.54) is 44.9 Å². The van der Waals surface area contributed by atoms with Crippen LogP contribution in [-0.2, 0) is 4.74 Å². The highest BCUT2D eigenvalue weighted by Crippen LogP contribution is 2.39. The summed E-state index contributed by atoms with van der Waals surface area (Å²) in [6.07, 6.45) is 9.25. The first-order valence-electron chi connectivity index (χ1n) is 7.18. The minimum absolute atomic E-state index is 0.172. The lowest BCUT2D eigenvalue weighted by Crippen LogP contribution is -2.52. The zero-order valence-corrected chi connectivity index (χ0v) is 11.1. The predicted octanol–water partition coefficient (Wildman–Crippen LogP) is 1.94. The number of ether oxygens (including phenoxy) is 1. The lowest BCUT2D eigenvalue weighted by molar-refractivity contribution is 0.00822. The van der Waals surface area contributed by atoms with Crippen molar-refractivity contribution < 1.29 is 9.84 Å². The van der Waals surface area contributed by atoms with E-state index in [0.29, 0.717) is 12.5 Å². The third-order valence-corrected chi connectivity index (χ3v) is 4.58. The largest absolute Gasteiger partial charge is 0.394 e. The van der Waals surface area contributed by atoms with Gasteiger partial charge in [-0.15, -0.1) is 0 Å². The van der Waals surface area contributed by atoms with Gasteiger partial charge in [0.2, 0.25) is 0 Å². The molecule has 0 aromatic rings. The molecule has 0 amide bonds. The number of hydrogen-bond donors (Lipinski definition) is 2. The quantitative estimate of drug-likeness (QED) is 0.716. The van der Waals surface area contributed by atoms with Gasteiger partial charge in [-0.2, -0.15) is 0 Å². The van der Waals surface area contributed by atoms with Crippen LogP contribution in [0.3, 0.4) is 0 Å². The van der Waals surface area contributed by atoms with Crippen molar-refractivity contribution in [1.29, 1.82) is 0 Å². The smallest absolute Gasteiger partial charge is 0.0676 e. The van der Waals surface area contributed by atoms with E-state index in [-0.39, 0.29) is 12.1 Å². The van der Waals surface area contributed by atoms with Gasteiger partial charge in [-0.1, -0.05) is 19.3 Å². The molecule has 2 aliphatic carbocycles. The van der Waals surface area contributed by atoms with Crippen LogP contribution in [0.15, 0.2) is 0 Å². The molecule has 100 valence electrons. The number of aliphatic hydroxyl groups is 1. The summed E-state index contributed by atoms with van der Waals surface area (Å²) in [5.74, 6) is 1.38. The van der Waals surface area contributed by atoms with Crippen molar-refractivity contribution in [3.05, 3.63) is 0 Å². The van der Waals surface area contributed by atoms with Crippen molar-refractivity contribution in [3.63, 3.8) is 0 Å². The predicted molar refractivity (Wildman–Crippen MR) is 69.0 cm³/mol. The van der Waals surface area contributed by atoms with Gasteiger partial charge in [0.1, 0.15) is 0 Å². The van der Waals surface area contributed by atoms with Crippen molar-refractivity contribution in [2.45, 2.75) is 50.5 Å². The van der Waals surface area contributed by atoms with Gasteiger partial charge in [0.05, 0.1) is 18.8 Å². The molecule has 0 saturated heterocycles. The highest BCUT2D eigenvalue weighted by atomic mass is 16.5. The molecular weight excluding hydrogens is 214 g/mol. The molecular formula is C14H27NO2. The van der Waals surface area contributed by atoms with Crippen LogP contribution < -0.4 is 5.32 Å². The number of nitrogens with one attached hydrogen (secondary N) is 1. The van der Waals surface area contributed by atoms with E-state index >= 15 is 0 Å². The molecule has 0 radical (unpaired) electrons. The van der Waals surface area contributed by atoms with E-state index in [1.807, 2.05) is 7.05 Å². The number of aliphatic hydroxyl groups excluding tert-OH is 1. The first-order valence-corrected chi connectivity index (χ1v) is 7.18. The third kappa shape index (κ3) is 3.43. The summed E-state index contributed by atoms with van der Waals surface area (Å²) < 4.78 is 5.90. The number of likely N-dealkylation sites (N-methyl/N-ethyl adjacent to an activating group) is 1. The zero-order chi connectivity index (χ0) is 12.1. The van der Waals surface area contributed by atoms with Gasteiger partial charge < -0.3 is 15.2 Å². The fraction of sp³-hybridized carbons (Fsp3) is 1.00. The van der Waals surface area contributed by atoms with Crippen LogP contribution >= 0.6 is 0 Å². The van der Waals surface area contributed by atoms with Crippen molar-refractivity contribution in [3.8, 4) is 0 Å². The molecule has 0 spiro atoms. The summed E-state index contributed by atoms with van der Waals surface area (Å²) in [6.45, 7) is 1.75. The van der Waals surface area contributed by atoms with Gasteiger partial charge in [-0.05, 0) is 44.6 Å². The van der Waals surface area contributed by atoms with Gasteiger partial charge in [0.15, 0.2) is 0 Å². The maximum atomic E-state index is 9.58. The molecule has 0 bridgehead atoms. The second kappa shape index (κ2) is 6.17. The van der Waals surface area contributed by atoms with E-state index in [0.717, 1.165) is 12.5 Å². The Morgan fingerprint density at radius 3 is 2.41 bits per heavy atom. The van der Waals surface area contributed by atoms with E-state index in [4.69, 9.17) is 4.74 Å². The molecule has 1 atom stereocenters. The maximum Gasteiger partial charge on any atom is 0.0676 e. The molecule has 2 fully saturated rings. The molecule has 2 saturated carbocycles. The Kier molecular flexibility index (Phi) is 4.83. The Bertz CT molecular complexity index is 218. The molecule has 0 aromatic heterocycles. The van der Waals surface area contributed by atoms with Gasteiger partial charge in [-0.25, -0.2) is 0 Å². The molecule has 2 N–H and O–H groups in total. The molecule has 17 heavy (non-hydrogen) atoms. The average molecular weight is 241 g/mol. The Hall–Kier alpha value is -0.120. The van der Waals surface area contributed by atoms with Crippen LogP contribution in [-0.4, -0.2) is 37.5 Å². The average Bonchev–Trinajstić information content (AvgIpc) is 3.21. The second-order valence-corrected chi connectivity index (χ2v) is 5.86. The SMILES string of the molecule is CNC(CO)(COCC1CCCCC1)C1CC1. The zero-order valence-electron chi connectivity index (χ0n) is 11.1. The number of hydrogen-bond acceptors (Lipinski definition) is 3. The fourth-order valence-electron chi connectivity index (χ4n) is 3.05. The molecule has 2 rings (SSSR count). The Morgan fingerprint density at radius 1 is 1.18 bits per heavy atom. The van der Waals surface area contributed by atoms with E-state index in [9.17, 15) is 5.11 Å². The molecule has 1 unspecified atom stereocenters. The monoisotopic (exact) mass is 241 g/mol. The van der Waals surface area contributed by atoms with Crippen molar-refractivity contribution in [2.75, 3.05) is 26.9 Å². The van der Waals surface area contributed by atoms with Gasteiger partial charge in [0, 0.05) is 6.61 Å². The normalized spacial score (nSPS) is 25.8. The van der Waals surface area contributed by atoms with Crippen LogP contribution in [0.25, 0.3) is 0 Å². The number of rotatable bonds is 7. The van der Waals surface area contributed by atoms with E-state index in [1.54, 1.807) is 0 Å². The summed E-state index contributed by atoms with van der Waals surface area (Å²) in [6, 6.07) is 0. The molecule has 0 aliphatic heterocycles. The van der Waals surface area contributed by atoms with E-state index in [2.05, 4.69) is 5.32 Å². The maximum absolute atomic E-state index is 9.58. The summed E-state index contributed by atoms with van der Waals surface area (Å²) in [7, 11) is 1.94. The fourth-order valence-corrected chi connectivity index (χ4v) is 3.05. The molecule has 2 aliphatic rings. The second-order valence-electron chi connectivity index (χ2n) is 5.86. The first kappa shape index (κ1) is 13.3.